The predicted molar refractivity (Wildman–Crippen MR) is 72.8 cm³/mol. The van der Waals surface area contributed by atoms with Crippen molar-refractivity contribution in [1.82, 2.24) is 5.32 Å². The van der Waals surface area contributed by atoms with Crippen LogP contribution >= 0.6 is 0 Å². The first-order valence-electron chi connectivity index (χ1n) is 6.27. The van der Waals surface area contributed by atoms with E-state index in [1.165, 1.54) is 31.2 Å². The third kappa shape index (κ3) is 5.47. The fourth-order valence-corrected chi connectivity index (χ4v) is 1.45. The molecule has 0 saturated heterocycles. The SMILES string of the molecule is CCOC(=O)C(C)NC(=O)COc1cccc([N+](=O)[O-])c1. The molecule has 1 atom stereocenters. The summed E-state index contributed by atoms with van der Waals surface area (Å²) in [5.74, 6) is -0.869. The van der Waals surface area contributed by atoms with Crippen molar-refractivity contribution in [3.63, 3.8) is 0 Å². The lowest BCUT2D eigenvalue weighted by atomic mass is 10.3. The van der Waals surface area contributed by atoms with Crippen molar-refractivity contribution in [3.05, 3.63) is 34.4 Å². The molecule has 0 fully saturated rings. The molecule has 21 heavy (non-hydrogen) atoms. The van der Waals surface area contributed by atoms with Crippen molar-refractivity contribution in [1.29, 1.82) is 0 Å². The van der Waals surface area contributed by atoms with Crippen LogP contribution < -0.4 is 10.1 Å². The van der Waals surface area contributed by atoms with E-state index in [1.54, 1.807) is 6.92 Å². The van der Waals surface area contributed by atoms with E-state index in [9.17, 15) is 19.7 Å². The lowest BCUT2D eigenvalue weighted by Gasteiger charge is -2.13. The van der Waals surface area contributed by atoms with Crippen LogP contribution in [-0.4, -0.2) is 36.1 Å². The maximum atomic E-state index is 11.6. The second-order valence-electron chi connectivity index (χ2n) is 4.08. The van der Waals surface area contributed by atoms with Gasteiger partial charge in [0, 0.05) is 6.07 Å². The molecule has 8 nitrogen and oxygen atoms in total. The number of hydrogen-bond donors (Lipinski definition) is 1. The van der Waals surface area contributed by atoms with E-state index in [-0.39, 0.29) is 24.7 Å². The molecule has 0 heterocycles. The molecular weight excluding hydrogens is 280 g/mol. The lowest BCUT2D eigenvalue weighted by molar-refractivity contribution is -0.384. The second-order valence-corrected chi connectivity index (χ2v) is 4.08. The summed E-state index contributed by atoms with van der Waals surface area (Å²) in [5.41, 5.74) is -0.132. The van der Waals surface area contributed by atoms with Crippen molar-refractivity contribution >= 4 is 17.6 Å². The van der Waals surface area contributed by atoms with Gasteiger partial charge in [-0.3, -0.25) is 14.9 Å². The number of rotatable bonds is 7. The van der Waals surface area contributed by atoms with E-state index in [0.29, 0.717) is 0 Å². The molecule has 1 aromatic rings. The van der Waals surface area contributed by atoms with E-state index < -0.39 is 22.8 Å². The quantitative estimate of drug-likeness (QED) is 0.457. The number of ether oxygens (including phenoxy) is 2. The highest BCUT2D eigenvalue weighted by molar-refractivity contribution is 5.84. The number of nitro groups is 1. The summed E-state index contributed by atoms with van der Waals surface area (Å²) in [6.07, 6.45) is 0. The predicted octanol–water partition coefficient (Wildman–Crippen LogP) is 1.04. The molecule has 1 unspecified atom stereocenters. The Morgan fingerprint density at radius 2 is 2.14 bits per heavy atom. The number of benzene rings is 1. The largest absolute Gasteiger partial charge is 0.484 e. The van der Waals surface area contributed by atoms with E-state index >= 15 is 0 Å². The second kappa shape index (κ2) is 7.83. The van der Waals surface area contributed by atoms with Crippen LogP contribution in [0.1, 0.15) is 13.8 Å². The zero-order valence-electron chi connectivity index (χ0n) is 11.7. The maximum absolute atomic E-state index is 11.6. The topological polar surface area (TPSA) is 108 Å². The van der Waals surface area contributed by atoms with Crippen LogP contribution in [0.5, 0.6) is 5.75 Å². The molecule has 0 aliphatic carbocycles. The van der Waals surface area contributed by atoms with Gasteiger partial charge in [-0.2, -0.15) is 0 Å². The summed E-state index contributed by atoms with van der Waals surface area (Å²) in [6, 6.07) is 4.69. The number of nitrogens with one attached hydrogen (secondary N) is 1. The van der Waals surface area contributed by atoms with Crippen LogP contribution in [0.25, 0.3) is 0 Å². The molecule has 0 spiro atoms. The molecule has 114 valence electrons. The van der Waals surface area contributed by atoms with Gasteiger partial charge in [-0.15, -0.1) is 0 Å². The fourth-order valence-electron chi connectivity index (χ4n) is 1.45. The molecule has 1 amide bonds. The van der Waals surface area contributed by atoms with Crippen LogP contribution in [0.3, 0.4) is 0 Å². The summed E-state index contributed by atoms with van der Waals surface area (Å²) < 4.78 is 9.87. The zero-order valence-corrected chi connectivity index (χ0v) is 11.7. The number of non-ortho nitro benzene ring substituents is 1. The Bertz CT molecular complexity index is 531. The highest BCUT2D eigenvalue weighted by Gasteiger charge is 2.16. The van der Waals surface area contributed by atoms with Gasteiger partial charge in [0.25, 0.3) is 11.6 Å². The Kier molecular flexibility index (Phi) is 6.12. The summed E-state index contributed by atoms with van der Waals surface area (Å²) in [4.78, 5) is 32.9. The number of nitro benzene ring substituents is 1. The van der Waals surface area contributed by atoms with Crippen molar-refractivity contribution in [2.45, 2.75) is 19.9 Å². The van der Waals surface area contributed by atoms with Gasteiger partial charge in [-0.1, -0.05) is 6.07 Å². The summed E-state index contributed by atoms with van der Waals surface area (Å²) in [7, 11) is 0. The number of amides is 1. The van der Waals surface area contributed by atoms with Crippen molar-refractivity contribution in [2.24, 2.45) is 0 Å². The Hall–Kier alpha value is -2.64. The normalized spacial score (nSPS) is 11.3. The zero-order chi connectivity index (χ0) is 15.8. The number of hydrogen-bond acceptors (Lipinski definition) is 6. The standard InChI is InChI=1S/C13H16N2O6/c1-3-20-13(17)9(2)14-12(16)8-21-11-6-4-5-10(7-11)15(18)19/h4-7,9H,3,8H2,1-2H3,(H,14,16). The van der Waals surface area contributed by atoms with Gasteiger partial charge in [-0.25, -0.2) is 4.79 Å². The van der Waals surface area contributed by atoms with Gasteiger partial charge in [-0.05, 0) is 19.9 Å². The van der Waals surface area contributed by atoms with Crippen molar-refractivity contribution in [2.75, 3.05) is 13.2 Å². The molecule has 8 heteroatoms. The van der Waals surface area contributed by atoms with Crippen LogP contribution in [0.15, 0.2) is 24.3 Å². The van der Waals surface area contributed by atoms with Gasteiger partial charge in [0.15, 0.2) is 6.61 Å². The Morgan fingerprint density at radius 1 is 1.43 bits per heavy atom. The van der Waals surface area contributed by atoms with Crippen LogP contribution in [-0.2, 0) is 14.3 Å². The molecule has 0 bridgehead atoms. The average Bonchev–Trinajstić information content (AvgIpc) is 2.45. The third-order valence-electron chi connectivity index (χ3n) is 2.42. The molecular formula is C13H16N2O6. The lowest BCUT2D eigenvalue weighted by Crippen LogP contribution is -2.41. The molecule has 1 N–H and O–H groups in total. The van der Waals surface area contributed by atoms with Crippen LogP contribution in [0.4, 0.5) is 5.69 Å². The van der Waals surface area contributed by atoms with Gasteiger partial charge in [0.05, 0.1) is 17.6 Å². The van der Waals surface area contributed by atoms with Gasteiger partial charge < -0.3 is 14.8 Å². The molecule has 0 aliphatic heterocycles. The minimum absolute atomic E-state index is 0.132. The Labute approximate surface area is 121 Å². The first-order valence-corrected chi connectivity index (χ1v) is 6.27. The fraction of sp³-hybridized carbons (Fsp3) is 0.385. The molecule has 0 aromatic heterocycles. The van der Waals surface area contributed by atoms with E-state index in [2.05, 4.69) is 5.32 Å². The smallest absolute Gasteiger partial charge is 0.328 e. The first-order chi connectivity index (χ1) is 9.93. The molecule has 0 aliphatic rings. The number of carbonyl (C=O) groups excluding carboxylic acids is 2. The van der Waals surface area contributed by atoms with E-state index in [0.717, 1.165) is 0 Å². The number of carbonyl (C=O) groups is 2. The number of nitrogens with zero attached hydrogens (tertiary/aromatic N) is 1. The Morgan fingerprint density at radius 3 is 2.76 bits per heavy atom. The molecule has 0 radical (unpaired) electrons. The monoisotopic (exact) mass is 296 g/mol. The molecule has 0 saturated carbocycles. The summed E-state index contributed by atoms with van der Waals surface area (Å²) >= 11 is 0. The van der Waals surface area contributed by atoms with E-state index in [4.69, 9.17) is 9.47 Å². The van der Waals surface area contributed by atoms with Crippen molar-refractivity contribution in [3.8, 4) is 5.75 Å². The highest BCUT2D eigenvalue weighted by atomic mass is 16.6. The van der Waals surface area contributed by atoms with Crippen LogP contribution in [0, 0.1) is 10.1 Å². The van der Waals surface area contributed by atoms with Gasteiger partial charge in [0.1, 0.15) is 11.8 Å². The van der Waals surface area contributed by atoms with Gasteiger partial charge >= 0.3 is 5.97 Å². The highest BCUT2D eigenvalue weighted by Crippen LogP contribution is 2.18. The summed E-state index contributed by atoms with van der Waals surface area (Å²) in [6.45, 7) is 3.02. The summed E-state index contributed by atoms with van der Waals surface area (Å²) in [5, 5.41) is 13.0. The molecule has 1 rings (SSSR count). The average molecular weight is 296 g/mol. The van der Waals surface area contributed by atoms with E-state index in [1.807, 2.05) is 0 Å². The minimum Gasteiger partial charge on any atom is -0.484 e. The minimum atomic E-state index is -0.786. The van der Waals surface area contributed by atoms with Crippen molar-refractivity contribution < 1.29 is 24.0 Å². The van der Waals surface area contributed by atoms with Crippen LogP contribution in [0.2, 0.25) is 0 Å². The first kappa shape index (κ1) is 16.4. The molecule has 1 aromatic carbocycles. The number of esters is 1. The Balaban J connectivity index is 2.48. The maximum Gasteiger partial charge on any atom is 0.328 e. The third-order valence-corrected chi connectivity index (χ3v) is 2.42. The van der Waals surface area contributed by atoms with Gasteiger partial charge in [0.2, 0.25) is 0 Å².